The predicted molar refractivity (Wildman–Crippen MR) is 104 cm³/mol. The number of Topliss-reactive ketones (excluding diaryl/α,β-unsaturated/α-hetero) is 1. The zero-order chi connectivity index (χ0) is 18.6. The van der Waals surface area contributed by atoms with Crippen molar-refractivity contribution >= 4 is 11.7 Å². The second-order valence-corrected chi connectivity index (χ2v) is 8.24. The molecule has 4 nitrogen and oxygen atoms in total. The lowest BCUT2D eigenvalue weighted by Gasteiger charge is -2.48. The topological polar surface area (TPSA) is 40.6 Å². The molecule has 26 heavy (non-hydrogen) atoms. The SMILES string of the molecule is CCCCN1C[C@@]2(CCCN(Cc3ccc(C(C)=O)cc3)C2)CCC1=O. The molecule has 1 atom stereocenters. The number of likely N-dealkylation sites (tertiary alicyclic amines) is 2. The molecule has 2 heterocycles. The zero-order valence-corrected chi connectivity index (χ0v) is 16.3. The van der Waals surface area contributed by atoms with Gasteiger partial charge in [-0.1, -0.05) is 37.6 Å². The average molecular weight is 357 g/mol. The maximum Gasteiger partial charge on any atom is 0.222 e. The van der Waals surface area contributed by atoms with E-state index in [4.69, 9.17) is 0 Å². The van der Waals surface area contributed by atoms with Crippen LogP contribution in [0.25, 0.3) is 0 Å². The van der Waals surface area contributed by atoms with Gasteiger partial charge in [0.2, 0.25) is 5.91 Å². The van der Waals surface area contributed by atoms with E-state index in [0.717, 1.165) is 57.5 Å². The normalized spacial score (nSPS) is 24.2. The maximum absolute atomic E-state index is 12.3. The van der Waals surface area contributed by atoms with Crippen molar-refractivity contribution in [2.45, 2.75) is 58.9 Å². The molecule has 0 aromatic heterocycles. The van der Waals surface area contributed by atoms with Crippen molar-refractivity contribution in [2.75, 3.05) is 26.2 Å². The number of hydrogen-bond donors (Lipinski definition) is 0. The summed E-state index contributed by atoms with van der Waals surface area (Å²) >= 11 is 0. The van der Waals surface area contributed by atoms with E-state index in [1.54, 1.807) is 6.92 Å². The lowest BCUT2D eigenvalue weighted by Crippen LogP contribution is -2.53. The van der Waals surface area contributed by atoms with E-state index in [0.29, 0.717) is 12.3 Å². The molecule has 0 bridgehead atoms. The summed E-state index contributed by atoms with van der Waals surface area (Å²) in [5, 5.41) is 0. The van der Waals surface area contributed by atoms with Crippen LogP contribution >= 0.6 is 0 Å². The highest BCUT2D eigenvalue weighted by molar-refractivity contribution is 5.94. The number of amides is 1. The van der Waals surface area contributed by atoms with Crippen LogP contribution in [0, 0.1) is 5.41 Å². The minimum atomic E-state index is 0.118. The summed E-state index contributed by atoms with van der Waals surface area (Å²) in [5.41, 5.74) is 2.32. The van der Waals surface area contributed by atoms with Crippen molar-refractivity contribution in [1.29, 1.82) is 0 Å². The van der Waals surface area contributed by atoms with Gasteiger partial charge in [0.15, 0.2) is 5.78 Å². The van der Waals surface area contributed by atoms with Crippen LogP contribution in [-0.4, -0.2) is 47.7 Å². The van der Waals surface area contributed by atoms with Gasteiger partial charge in [-0.3, -0.25) is 14.5 Å². The Morgan fingerprint density at radius 2 is 1.92 bits per heavy atom. The Hall–Kier alpha value is -1.68. The third-order valence-electron chi connectivity index (χ3n) is 6.04. The van der Waals surface area contributed by atoms with Gasteiger partial charge in [0.05, 0.1) is 0 Å². The fourth-order valence-electron chi connectivity index (χ4n) is 4.54. The molecule has 0 aliphatic carbocycles. The number of unbranched alkanes of at least 4 members (excludes halogenated alkanes) is 1. The van der Waals surface area contributed by atoms with Gasteiger partial charge in [-0.05, 0) is 44.7 Å². The summed E-state index contributed by atoms with van der Waals surface area (Å²) in [6, 6.07) is 8.03. The molecular formula is C22H32N2O2. The quantitative estimate of drug-likeness (QED) is 0.726. The van der Waals surface area contributed by atoms with Crippen LogP contribution in [0.5, 0.6) is 0 Å². The third kappa shape index (κ3) is 4.53. The molecule has 1 aromatic rings. The number of carbonyl (C=O) groups excluding carboxylic acids is 2. The van der Waals surface area contributed by atoms with Gasteiger partial charge in [0, 0.05) is 43.6 Å². The van der Waals surface area contributed by atoms with Gasteiger partial charge >= 0.3 is 0 Å². The number of piperidine rings is 2. The molecule has 0 unspecified atom stereocenters. The van der Waals surface area contributed by atoms with Gasteiger partial charge in [-0.25, -0.2) is 0 Å². The first-order chi connectivity index (χ1) is 12.5. The van der Waals surface area contributed by atoms with Crippen LogP contribution in [0.15, 0.2) is 24.3 Å². The number of benzene rings is 1. The standard InChI is InChI=1S/C22H32N2O2/c1-3-4-14-24-17-22(12-10-21(24)26)11-5-13-23(16-22)15-19-6-8-20(9-7-19)18(2)25/h6-9H,3-5,10-17H2,1-2H3/t22-/m0/s1. The summed E-state index contributed by atoms with van der Waals surface area (Å²) in [4.78, 5) is 28.4. The van der Waals surface area contributed by atoms with Gasteiger partial charge < -0.3 is 4.90 Å². The van der Waals surface area contributed by atoms with E-state index in [1.807, 2.05) is 12.1 Å². The highest BCUT2D eigenvalue weighted by Crippen LogP contribution is 2.39. The van der Waals surface area contributed by atoms with Crippen LogP contribution in [0.4, 0.5) is 0 Å². The number of rotatable bonds is 6. The van der Waals surface area contributed by atoms with Crippen LogP contribution in [0.1, 0.15) is 68.3 Å². The second-order valence-electron chi connectivity index (χ2n) is 8.24. The van der Waals surface area contributed by atoms with E-state index in [9.17, 15) is 9.59 Å². The van der Waals surface area contributed by atoms with E-state index in [2.05, 4.69) is 28.9 Å². The molecule has 2 aliphatic rings. The highest BCUT2D eigenvalue weighted by atomic mass is 16.2. The summed E-state index contributed by atoms with van der Waals surface area (Å²) in [7, 11) is 0. The zero-order valence-electron chi connectivity index (χ0n) is 16.3. The van der Waals surface area contributed by atoms with Gasteiger partial charge in [-0.15, -0.1) is 0 Å². The Morgan fingerprint density at radius 3 is 2.62 bits per heavy atom. The number of hydrogen-bond acceptors (Lipinski definition) is 3. The second kappa shape index (κ2) is 8.34. The summed E-state index contributed by atoms with van der Waals surface area (Å²) in [6.07, 6.45) is 6.44. The van der Waals surface area contributed by atoms with Crippen LogP contribution in [-0.2, 0) is 11.3 Å². The Kier molecular flexibility index (Phi) is 6.13. The smallest absolute Gasteiger partial charge is 0.222 e. The van der Waals surface area contributed by atoms with E-state index in [1.165, 1.54) is 18.4 Å². The first kappa shape index (κ1) is 19.1. The molecule has 3 rings (SSSR count). The molecule has 2 saturated heterocycles. The first-order valence-electron chi connectivity index (χ1n) is 10.1. The lowest BCUT2D eigenvalue weighted by molar-refractivity contribution is -0.139. The number of nitrogens with zero attached hydrogens (tertiary/aromatic N) is 2. The minimum absolute atomic E-state index is 0.118. The molecule has 2 fully saturated rings. The van der Waals surface area contributed by atoms with Crippen LogP contribution < -0.4 is 0 Å². The summed E-state index contributed by atoms with van der Waals surface area (Å²) in [6.45, 7) is 8.79. The molecule has 0 saturated carbocycles. The molecule has 1 amide bonds. The largest absolute Gasteiger partial charge is 0.342 e. The molecule has 2 aliphatic heterocycles. The van der Waals surface area contributed by atoms with Crippen molar-refractivity contribution in [2.24, 2.45) is 5.41 Å². The first-order valence-corrected chi connectivity index (χ1v) is 10.1. The molecule has 1 aromatic carbocycles. The van der Waals surface area contributed by atoms with Gasteiger partial charge in [0.25, 0.3) is 0 Å². The Balaban J connectivity index is 1.62. The van der Waals surface area contributed by atoms with Crippen molar-refractivity contribution in [3.63, 3.8) is 0 Å². The third-order valence-corrected chi connectivity index (χ3v) is 6.04. The minimum Gasteiger partial charge on any atom is -0.342 e. The molecule has 1 spiro atoms. The average Bonchev–Trinajstić information content (AvgIpc) is 2.63. The number of carbonyl (C=O) groups is 2. The fraction of sp³-hybridized carbons (Fsp3) is 0.636. The summed E-state index contributed by atoms with van der Waals surface area (Å²) < 4.78 is 0. The molecular weight excluding hydrogens is 324 g/mol. The monoisotopic (exact) mass is 356 g/mol. The maximum atomic E-state index is 12.3. The van der Waals surface area contributed by atoms with Crippen molar-refractivity contribution in [1.82, 2.24) is 9.80 Å². The molecule has 0 N–H and O–H groups in total. The van der Waals surface area contributed by atoms with Crippen LogP contribution in [0.3, 0.4) is 0 Å². The Morgan fingerprint density at radius 1 is 1.15 bits per heavy atom. The van der Waals surface area contributed by atoms with Crippen LogP contribution in [0.2, 0.25) is 0 Å². The Bertz CT molecular complexity index is 640. The molecule has 4 heteroatoms. The fourth-order valence-corrected chi connectivity index (χ4v) is 4.54. The summed E-state index contributed by atoms with van der Waals surface area (Å²) in [5.74, 6) is 0.466. The van der Waals surface area contributed by atoms with Gasteiger partial charge in [-0.2, -0.15) is 0 Å². The van der Waals surface area contributed by atoms with Crippen molar-refractivity contribution in [3.8, 4) is 0 Å². The van der Waals surface area contributed by atoms with Crippen molar-refractivity contribution < 1.29 is 9.59 Å². The van der Waals surface area contributed by atoms with E-state index >= 15 is 0 Å². The highest BCUT2D eigenvalue weighted by Gasteiger charge is 2.41. The molecule has 142 valence electrons. The predicted octanol–water partition coefficient (Wildman–Crippen LogP) is 3.89. The van der Waals surface area contributed by atoms with E-state index in [-0.39, 0.29) is 11.2 Å². The Labute approximate surface area is 157 Å². The number of ketones is 1. The van der Waals surface area contributed by atoms with Crippen molar-refractivity contribution in [3.05, 3.63) is 35.4 Å². The lowest BCUT2D eigenvalue weighted by atomic mass is 9.73. The van der Waals surface area contributed by atoms with E-state index < -0.39 is 0 Å². The molecule has 0 radical (unpaired) electrons. The van der Waals surface area contributed by atoms with Gasteiger partial charge in [0.1, 0.15) is 0 Å².